The first-order valence-corrected chi connectivity index (χ1v) is 9.57. The van der Waals surface area contributed by atoms with E-state index in [1.807, 2.05) is 0 Å². The molecule has 2 nitrogen and oxygen atoms in total. The third-order valence-corrected chi connectivity index (χ3v) is 6.12. The molecule has 25 heavy (non-hydrogen) atoms. The number of carbonyl (C=O) groups excluding carboxylic acids is 1. The summed E-state index contributed by atoms with van der Waals surface area (Å²) in [7, 11) is 3.00. The zero-order chi connectivity index (χ0) is 18.1. The second-order valence-electron chi connectivity index (χ2n) is 5.76. The van der Waals surface area contributed by atoms with Gasteiger partial charge in [-0.05, 0) is 23.8 Å². The van der Waals surface area contributed by atoms with Crippen LogP contribution in [0.3, 0.4) is 0 Å². The van der Waals surface area contributed by atoms with E-state index in [9.17, 15) is 4.79 Å². The molecule has 0 aliphatic heterocycles. The summed E-state index contributed by atoms with van der Waals surface area (Å²) < 4.78 is 0. The largest absolute Gasteiger partial charge is 0.349 e. The molecule has 0 N–H and O–H groups in total. The Labute approximate surface area is 151 Å². The maximum atomic E-state index is 10.1. The Morgan fingerprint density at radius 2 is 0.880 bits per heavy atom. The van der Waals surface area contributed by atoms with Crippen molar-refractivity contribution in [3.05, 3.63) is 91.0 Å². The van der Waals surface area contributed by atoms with E-state index in [1.54, 1.807) is 14.1 Å². The average Bonchev–Trinajstić information content (AvgIpc) is 2.65. The Balaban J connectivity index is 0.000000326. The quantitative estimate of drug-likeness (QED) is 0.663. The van der Waals surface area contributed by atoms with Gasteiger partial charge in [-0.25, -0.2) is 0 Å². The standard InChI is InChI=1S/C18H15P.C4H9NO/c1-4-10-16(11-5-1)19(17-12-6-2-7-13-17)18-14-8-3-9-15-18;1-4(6)5(2)3/h1-15H;1-3H3. The Kier molecular flexibility index (Phi) is 7.37. The SMILES string of the molecule is CC(=O)N(C)C.c1ccc(P(c2ccccc2)c2ccccc2)cc1. The van der Waals surface area contributed by atoms with Crippen molar-refractivity contribution in [2.45, 2.75) is 6.92 Å². The van der Waals surface area contributed by atoms with Gasteiger partial charge in [-0.3, -0.25) is 4.79 Å². The Morgan fingerprint density at radius 3 is 1.08 bits per heavy atom. The molecule has 0 radical (unpaired) electrons. The molecule has 0 bridgehead atoms. The Hall–Kier alpha value is -2.44. The number of hydrogen-bond acceptors (Lipinski definition) is 1. The van der Waals surface area contributed by atoms with Gasteiger partial charge in [0.2, 0.25) is 5.91 Å². The molecule has 0 aliphatic carbocycles. The molecular formula is C22H24NOP. The van der Waals surface area contributed by atoms with Crippen LogP contribution in [-0.2, 0) is 4.79 Å². The van der Waals surface area contributed by atoms with Crippen molar-refractivity contribution >= 4 is 29.7 Å². The fourth-order valence-electron chi connectivity index (χ4n) is 2.18. The summed E-state index contributed by atoms with van der Waals surface area (Å²) in [5.74, 6) is 0.0926. The Morgan fingerprint density at radius 1 is 0.640 bits per heavy atom. The first kappa shape index (κ1) is 18.9. The number of amides is 1. The van der Waals surface area contributed by atoms with Gasteiger partial charge in [0, 0.05) is 21.0 Å². The zero-order valence-electron chi connectivity index (χ0n) is 15.0. The molecule has 0 aliphatic rings. The van der Waals surface area contributed by atoms with Gasteiger partial charge in [0.25, 0.3) is 0 Å². The summed E-state index contributed by atoms with van der Waals surface area (Å²) in [4.78, 5) is 11.6. The molecule has 0 fully saturated rings. The molecule has 0 aromatic heterocycles. The summed E-state index contributed by atoms with van der Waals surface area (Å²) in [6.45, 7) is 1.53. The van der Waals surface area contributed by atoms with Gasteiger partial charge >= 0.3 is 0 Å². The minimum atomic E-state index is -0.446. The topological polar surface area (TPSA) is 20.3 Å². The van der Waals surface area contributed by atoms with E-state index in [0.717, 1.165) is 0 Å². The predicted octanol–water partition coefficient (Wildman–Crippen LogP) is 3.54. The minimum absolute atomic E-state index is 0.0926. The molecule has 3 aromatic rings. The number of rotatable bonds is 3. The lowest BCUT2D eigenvalue weighted by atomic mass is 10.4. The summed E-state index contributed by atoms with van der Waals surface area (Å²) >= 11 is 0. The highest BCUT2D eigenvalue weighted by molar-refractivity contribution is 7.79. The minimum Gasteiger partial charge on any atom is -0.349 e. The fourth-order valence-corrected chi connectivity index (χ4v) is 4.48. The molecule has 0 saturated heterocycles. The average molecular weight is 349 g/mol. The molecule has 0 unspecified atom stereocenters. The normalized spacial score (nSPS) is 9.92. The van der Waals surface area contributed by atoms with Crippen LogP contribution >= 0.6 is 7.92 Å². The van der Waals surface area contributed by atoms with Gasteiger partial charge in [-0.15, -0.1) is 0 Å². The highest BCUT2D eigenvalue weighted by Gasteiger charge is 2.14. The van der Waals surface area contributed by atoms with E-state index in [0.29, 0.717) is 0 Å². The van der Waals surface area contributed by atoms with Gasteiger partial charge < -0.3 is 4.90 Å². The van der Waals surface area contributed by atoms with Crippen molar-refractivity contribution < 1.29 is 4.79 Å². The first-order chi connectivity index (χ1) is 12.1. The molecular weight excluding hydrogens is 325 g/mol. The predicted molar refractivity (Wildman–Crippen MR) is 110 cm³/mol. The van der Waals surface area contributed by atoms with Gasteiger partial charge in [-0.1, -0.05) is 91.0 Å². The lowest BCUT2D eigenvalue weighted by molar-refractivity contribution is -0.126. The molecule has 0 atom stereocenters. The van der Waals surface area contributed by atoms with Crippen molar-refractivity contribution in [2.75, 3.05) is 14.1 Å². The summed E-state index contributed by atoms with van der Waals surface area (Å²) in [6.07, 6.45) is 0. The lowest BCUT2D eigenvalue weighted by Gasteiger charge is -2.18. The molecule has 0 spiro atoms. The number of benzene rings is 3. The van der Waals surface area contributed by atoms with E-state index in [1.165, 1.54) is 27.7 Å². The van der Waals surface area contributed by atoms with Gasteiger partial charge in [0.15, 0.2) is 0 Å². The van der Waals surface area contributed by atoms with Crippen LogP contribution in [0, 0.1) is 0 Å². The number of carbonyl (C=O) groups is 1. The van der Waals surface area contributed by atoms with Crippen LogP contribution < -0.4 is 15.9 Å². The summed E-state index contributed by atoms with van der Waals surface area (Å²) in [5, 5.41) is 4.19. The Bertz CT molecular complexity index is 664. The second kappa shape index (κ2) is 9.76. The highest BCUT2D eigenvalue weighted by atomic mass is 31.1. The van der Waals surface area contributed by atoms with Crippen LogP contribution in [-0.4, -0.2) is 24.9 Å². The monoisotopic (exact) mass is 349 g/mol. The van der Waals surface area contributed by atoms with Gasteiger partial charge in [-0.2, -0.15) is 0 Å². The van der Waals surface area contributed by atoms with E-state index in [-0.39, 0.29) is 5.91 Å². The van der Waals surface area contributed by atoms with Crippen molar-refractivity contribution in [1.29, 1.82) is 0 Å². The van der Waals surface area contributed by atoms with E-state index in [2.05, 4.69) is 91.0 Å². The third-order valence-electron chi connectivity index (χ3n) is 3.67. The van der Waals surface area contributed by atoms with E-state index >= 15 is 0 Å². The maximum absolute atomic E-state index is 10.1. The first-order valence-electron chi connectivity index (χ1n) is 8.23. The van der Waals surface area contributed by atoms with Crippen molar-refractivity contribution in [2.24, 2.45) is 0 Å². The van der Waals surface area contributed by atoms with Crippen molar-refractivity contribution in [3.8, 4) is 0 Å². The summed E-state index contributed by atoms with van der Waals surface area (Å²) in [5.41, 5.74) is 0. The van der Waals surface area contributed by atoms with Crippen molar-refractivity contribution in [1.82, 2.24) is 4.90 Å². The van der Waals surface area contributed by atoms with E-state index in [4.69, 9.17) is 0 Å². The maximum Gasteiger partial charge on any atom is 0.218 e. The van der Waals surface area contributed by atoms with E-state index < -0.39 is 7.92 Å². The molecule has 0 saturated carbocycles. The molecule has 128 valence electrons. The van der Waals surface area contributed by atoms with Crippen LogP contribution in [0.4, 0.5) is 0 Å². The highest BCUT2D eigenvalue weighted by Crippen LogP contribution is 2.32. The molecule has 3 rings (SSSR count). The van der Waals surface area contributed by atoms with Crippen LogP contribution in [0.1, 0.15) is 6.92 Å². The zero-order valence-corrected chi connectivity index (χ0v) is 15.9. The van der Waals surface area contributed by atoms with Crippen molar-refractivity contribution in [3.63, 3.8) is 0 Å². The number of hydrogen-bond donors (Lipinski definition) is 0. The molecule has 1 amide bonds. The smallest absolute Gasteiger partial charge is 0.218 e. The van der Waals surface area contributed by atoms with Crippen LogP contribution in [0.5, 0.6) is 0 Å². The lowest BCUT2D eigenvalue weighted by Crippen LogP contribution is -2.20. The van der Waals surface area contributed by atoms with Gasteiger partial charge in [0.05, 0.1) is 0 Å². The third kappa shape index (κ3) is 5.85. The second-order valence-corrected chi connectivity index (χ2v) is 7.98. The molecule has 0 heterocycles. The molecule has 3 aromatic carbocycles. The van der Waals surface area contributed by atoms with Crippen LogP contribution in [0.25, 0.3) is 0 Å². The van der Waals surface area contributed by atoms with Crippen LogP contribution in [0.2, 0.25) is 0 Å². The molecule has 3 heteroatoms. The van der Waals surface area contributed by atoms with Crippen LogP contribution in [0.15, 0.2) is 91.0 Å². The van der Waals surface area contributed by atoms with Gasteiger partial charge in [0.1, 0.15) is 0 Å². The number of nitrogens with zero attached hydrogens (tertiary/aromatic N) is 1. The fraction of sp³-hybridized carbons (Fsp3) is 0.136. The summed E-state index contributed by atoms with van der Waals surface area (Å²) in [6, 6.07) is 32.3.